The lowest BCUT2D eigenvalue weighted by Gasteiger charge is -2.30. The molecular weight excluding hydrogens is 396 g/mol. The summed E-state index contributed by atoms with van der Waals surface area (Å²) in [4.78, 5) is 12.7. The Morgan fingerprint density at radius 2 is 1.79 bits per heavy atom. The molecule has 28 heavy (non-hydrogen) atoms. The topological polar surface area (TPSA) is 75.7 Å². The zero-order valence-electron chi connectivity index (χ0n) is 16.4. The van der Waals surface area contributed by atoms with Crippen molar-refractivity contribution in [2.75, 3.05) is 32.5 Å². The first-order chi connectivity index (χ1) is 13.5. The Hall–Kier alpha value is -1.25. The summed E-state index contributed by atoms with van der Waals surface area (Å²) < 4.78 is 32.1. The van der Waals surface area contributed by atoms with Gasteiger partial charge in [-0.15, -0.1) is 0 Å². The Balaban J connectivity index is 1.43. The number of amides is 1. The van der Waals surface area contributed by atoms with Crippen LogP contribution in [0, 0.1) is 5.92 Å². The number of carbonyl (C=O) groups is 1. The summed E-state index contributed by atoms with van der Waals surface area (Å²) in [5.41, 5.74) is 0. The summed E-state index contributed by atoms with van der Waals surface area (Å²) in [5.74, 6) is 1.55. The molecule has 6 nitrogen and oxygen atoms in total. The lowest BCUT2D eigenvalue weighted by molar-refractivity contribution is -0.125. The van der Waals surface area contributed by atoms with E-state index in [9.17, 15) is 13.2 Å². The van der Waals surface area contributed by atoms with E-state index >= 15 is 0 Å². The third-order valence-electron chi connectivity index (χ3n) is 5.58. The third kappa shape index (κ3) is 5.42. The van der Waals surface area contributed by atoms with Crippen LogP contribution in [0.4, 0.5) is 0 Å². The minimum atomic E-state index is -3.52. The van der Waals surface area contributed by atoms with E-state index in [0.717, 1.165) is 11.0 Å². The highest BCUT2D eigenvalue weighted by atomic mass is 32.2. The Kier molecular flexibility index (Phi) is 7.65. The van der Waals surface area contributed by atoms with Crippen molar-refractivity contribution in [3.63, 3.8) is 0 Å². The van der Waals surface area contributed by atoms with E-state index in [2.05, 4.69) is 5.32 Å². The van der Waals surface area contributed by atoms with Crippen LogP contribution in [0.3, 0.4) is 0 Å². The minimum Gasteiger partial charge on any atom is -0.497 e. The van der Waals surface area contributed by atoms with Gasteiger partial charge in [-0.2, -0.15) is 16.1 Å². The van der Waals surface area contributed by atoms with Gasteiger partial charge in [-0.3, -0.25) is 4.79 Å². The maximum Gasteiger partial charge on any atom is 0.243 e. The number of nitrogens with one attached hydrogen (secondary N) is 1. The molecule has 0 unspecified atom stereocenters. The number of hydrogen-bond donors (Lipinski definition) is 1. The molecule has 1 saturated carbocycles. The summed E-state index contributed by atoms with van der Waals surface area (Å²) >= 11 is 1.97. The van der Waals surface area contributed by atoms with Crippen LogP contribution in [0.1, 0.15) is 38.5 Å². The number of ether oxygens (including phenoxy) is 1. The summed E-state index contributed by atoms with van der Waals surface area (Å²) in [7, 11) is -1.98. The summed E-state index contributed by atoms with van der Waals surface area (Å²) in [6.07, 6.45) is 6.41. The highest BCUT2D eigenvalue weighted by molar-refractivity contribution is 7.99. The molecule has 1 N–H and O–H groups in total. The molecule has 1 aromatic rings. The average molecular weight is 427 g/mol. The Bertz CT molecular complexity index is 738. The third-order valence-corrected chi connectivity index (χ3v) is 8.87. The molecule has 1 aliphatic carbocycles. The number of nitrogens with zero attached hydrogens (tertiary/aromatic N) is 1. The molecule has 2 aliphatic rings. The number of sulfonamides is 1. The number of thioether (sulfide) groups is 1. The van der Waals surface area contributed by atoms with Gasteiger partial charge in [0, 0.05) is 36.6 Å². The number of benzene rings is 1. The van der Waals surface area contributed by atoms with Crippen LogP contribution < -0.4 is 10.1 Å². The number of carbonyl (C=O) groups excluding carboxylic acids is 1. The molecule has 156 valence electrons. The van der Waals surface area contributed by atoms with Crippen molar-refractivity contribution in [2.45, 2.75) is 48.7 Å². The van der Waals surface area contributed by atoms with E-state index in [1.165, 1.54) is 30.0 Å². The summed E-state index contributed by atoms with van der Waals surface area (Å²) in [6.45, 7) is 1.46. The second-order valence-corrected chi connectivity index (χ2v) is 10.8. The predicted molar refractivity (Wildman–Crippen MR) is 112 cm³/mol. The van der Waals surface area contributed by atoms with Crippen molar-refractivity contribution in [3.05, 3.63) is 24.3 Å². The normalized spacial score (nSPS) is 19.6. The zero-order chi connectivity index (χ0) is 20.0. The van der Waals surface area contributed by atoms with E-state index in [1.807, 2.05) is 11.8 Å². The molecule has 3 rings (SSSR count). The molecule has 0 spiro atoms. The highest BCUT2D eigenvalue weighted by Gasteiger charge is 2.32. The molecule has 0 aromatic heterocycles. The summed E-state index contributed by atoms with van der Waals surface area (Å²) in [5, 5.41) is 3.80. The number of hydrogen-bond acceptors (Lipinski definition) is 5. The Morgan fingerprint density at radius 3 is 2.39 bits per heavy atom. The van der Waals surface area contributed by atoms with Gasteiger partial charge in [0.1, 0.15) is 5.75 Å². The van der Waals surface area contributed by atoms with Crippen LogP contribution in [0.15, 0.2) is 29.2 Å². The molecule has 8 heteroatoms. The van der Waals surface area contributed by atoms with Crippen LogP contribution in [-0.2, 0) is 14.8 Å². The van der Waals surface area contributed by atoms with Crippen LogP contribution in [0.25, 0.3) is 0 Å². The lowest BCUT2D eigenvalue weighted by atomic mass is 9.97. The molecule has 1 saturated heterocycles. The fourth-order valence-corrected chi connectivity index (χ4v) is 6.54. The van der Waals surface area contributed by atoms with E-state index in [1.54, 1.807) is 31.4 Å². The first-order valence-corrected chi connectivity index (χ1v) is 12.5. The molecule has 0 atom stereocenters. The molecule has 1 aliphatic heterocycles. The van der Waals surface area contributed by atoms with Crippen molar-refractivity contribution in [3.8, 4) is 5.75 Å². The predicted octanol–water partition coefficient (Wildman–Crippen LogP) is 2.89. The molecule has 1 amide bonds. The van der Waals surface area contributed by atoms with Crippen molar-refractivity contribution in [1.82, 2.24) is 9.62 Å². The molecule has 1 aromatic carbocycles. The fraction of sp³-hybridized carbons (Fsp3) is 0.650. The first kappa shape index (κ1) is 21.5. The van der Waals surface area contributed by atoms with Gasteiger partial charge in [0.2, 0.25) is 15.9 Å². The number of rotatable bonds is 8. The van der Waals surface area contributed by atoms with Crippen molar-refractivity contribution in [1.29, 1.82) is 0 Å². The molecular formula is C20H30N2O4S2. The van der Waals surface area contributed by atoms with Crippen LogP contribution >= 0.6 is 11.8 Å². The smallest absolute Gasteiger partial charge is 0.243 e. The van der Waals surface area contributed by atoms with Crippen molar-refractivity contribution < 1.29 is 17.9 Å². The van der Waals surface area contributed by atoms with E-state index in [-0.39, 0.29) is 16.7 Å². The second-order valence-electron chi connectivity index (χ2n) is 7.42. The number of piperidine rings is 1. The molecule has 1 heterocycles. The van der Waals surface area contributed by atoms with E-state index < -0.39 is 10.0 Å². The van der Waals surface area contributed by atoms with Crippen LogP contribution in [0.5, 0.6) is 5.75 Å². The van der Waals surface area contributed by atoms with E-state index in [0.29, 0.717) is 38.2 Å². The largest absolute Gasteiger partial charge is 0.497 e. The molecule has 2 fully saturated rings. The van der Waals surface area contributed by atoms with Gasteiger partial charge < -0.3 is 10.1 Å². The minimum absolute atomic E-state index is 0.0634. The number of methoxy groups -OCH3 is 1. The Labute approximate surface area is 172 Å². The fourth-order valence-electron chi connectivity index (χ4n) is 3.85. The standard InChI is InChI=1S/C20H30N2O4S2/c1-26-17-6-8-19(9-7-17)28(24,25)22-13-10-16(11-14-22)20(23)21-12-15-27-18-4-2-3-5-18/h6-9,16,18H,2-5,10-15H2,1H3,(H,21,23). The van der Waals surface area contributed by atoms with Gasteiger partial charge in [0.05, 0.1) is 12.0 Å². The van der Waals surface area contributed by atoms with Crippen molar-refractivity contribution >= 4 is 27.7 Å². The van der Waals surface area contributed by atoms with Gasteiger partial charge in [0.25, 0.3) is 0 Å². The molecule has 0 radical (unpaired) electrons. The van der Waals surface area contributed by atoms with Gasteiger partial charge in [0.15, 0.2) is 0 Å². The van der Waals surface area contributed by atoms with Crippen LogP contribution in [0.2, 0.25) is 0 Å². The maximum atomic E-state index is 12.8. The van der Waals surface area contributed by atoms with Crippen LogP contribution in [-0.4, -0.2) is 56.4 Å². The maximum absolute atomic E-state index is 12.8. The van der Waals surface area contributed by atoms with Gasteiger partial charge in [-0.25, -0.2) is 8.42 Å². The summed E-state index contributed by atoms with van der Waals surface area (Å²) in [6, 6.07) is 6.43. The van der Waals surface area contributed by atoms with Crippen molar-refractivity contribution in [2.24, 2.45) is 5.92 Å². The highest BCUT2D eigenvalue weighted by Crippen LogP contribution is 2.29. The first-order valence-electron chi connectivity index (χ1n) is 10.0. The monoisotopic (exact) mass is 426 g/mol. The Morgan fingerprint density at radius 1 is 1.14 bits per heavy atom. The van der Waals surface area contributed by atoms with Gasteiger partial charge in [-0.1, -0.05) is 12.8 Å². The average Bonchev–Trinajstić information content (AvgIpc) is 3.25. The van der Waals surface area contributed by atoms with E-state index in [4.69, 9.17) is 4.74 Å². The van der Waals surface area contributed by atoms with Gasteiger partial charge >= 0.3 is 0 Å². The zero-order valence-corrected chi connectivity index (χ0v) is 18.1. The lowest BCUT2D eigenvalue weighted by Crippen LogP contribution is -2.43. The molecule has 0 bridgehead atoms. The SMILES string of the molecule is COc1ccc(S(=O)(=O)N2CCC(C(=O)NCCSC3CCCC3)CC2)cc1. The second kappa shape index (κ2) is 9.98. The quantitative estimate of drug-likeness (QED) is 0.647. The van der Waals surface area contributed by atoms with Gasteiger partial charge in [-0.05, 0) is 49.9 Å².